The Labute approximate surface area is 89.7 Å². The molecule has 1 aromatic heterocycles. The highest BCUT2D eigenvalue weighted by Crippen LogP contribution is 2.37. The summed E-state index contributed by atoms with van der Waals surface area (Å²) in [4.78, 5) is 4.34. The van der Waals surface area contributed by atoms with Crippen molar-refractivity contribution in [2.24, 2.45) is 5.92 Å². The second-order valence-corrected chi connectivity index (χ2v) is 4.36. The predicted molar refractivity (Wildman–Crippen MR) is 58.4 cm³/mol. The van der Waals surface area contributed by atoms with Gasteiger partial charge in [-0.15, -0.1) is 0 Å². The first-order valence-corrected chi connectivity index (χ1v) is 5.46. The van der Waals surface area contributed by atoms with E-state index in [2.05, 4.69) is 10.3 Å². The molecule has 1 saturated carbocycles. The summed E-state index contributed by atoms with van der Waals surface area (Å²) in [5.41, 5.74) is 1.10. The lowest BCUT2D eigenvalue weighted by Crippen LogP contribution is -2.18. The zero-order valence-electron chi connectivity index (χ0n) is 8.33. The number of pyridine rings is 1. The van der Waals surface area contributed by atoms with Crippen LogP contribution in [0, 0.1) is 5.92 Å². The third-order valence-corrected chi connectivity index (χ3v) is 2.95. The van der Waals surface area contributed by atoms with Gasteiger partial charge in [-0.1, -0.05) is 24.4 Å². The molecule has 0 radical (unpaired) electrons. The van der Waals surface area contributed by atoms with Gasteiger partial charge in [0, 0.05) is 12.2 Å². The number of nitrogens with zero attached hydrogens (tertiary/aromatic N) is 1. The highest BCUT2D eigenvalue weighted by Gasteiger charge is 2.25. The standard InChI is InChI=1S/C11H15ClN2/c1-13-11(6-8-2-3-8)10-5-4-9(12)7-14-10/h4-5,7-8,11,13H,2-3,6H2,1H3. The topological polar surface area (TPSA) is 24.9 Å². The first-order chi connectivity index (χ1) is 6.79. The zero-order chi connectivity index (χ0) is 9.97. The van der Waals surface area contributed by atoms with Crippen molar-refractivity contribution in [1.82, 2.24) is 10.3 Å². The van der Waals surface area contributed by atoms with Gasteiger partial charge in [-0.05, 0) is 31.5 Å². The fourth-order valence-electron chi connectivity index (χ4n) is 1.67. The molecule has 0 spiro atoms. The summed E-state index contributed by atoms with van der Waals surface area (Å²) in [6.45, 7) is 0. The monoisotopic (exact) mass is 210 g/mol. The molecule has 1 fully saturated rings. The van der Waals surface area contributed by atoms with Crippen LogP contribution in [0.1, 0.15) is 31.0 Å². The average Bonchev–Trinajstić information content (AvgIpc) is 3.00. The molecule has 1 atom stereocenters. The van der Waals surface area contributed by atoms with Crippen LogP contribution in [-0.2, 0) is 0 Å². The quantitative estimate of drug-likeness (QED) is 0.827. The first kappa shape index (κ1) is 9.94. The van der Waals surface area contributed by atoms with Crippen LogP contribution >= 0.6 is 11.6 Å². The van der Waals surface area contributed by atoms with E-state index in [1.165, 1.54) is 19.3 Å². The van der Waals surface area contributed by atoms with Crippen molar-refractivity contribution < 1.29 is 0 Å². The molecule has 1 aromatic rings. The molecule has 1 N–H and O–H groups in total. The van der Waals surface area contributed by atoms with Crippen molar-refractivity contribution in [3.63, 3.8) is 0 Å². The normalized spacial score (nSPS) is 18.1. The summed E-state index contributed by atoms with van der Waals surface area (Å²) >= 11 is 5.79. The van der Waals surface area contributed by atoms with Crippen molar-refractivity contribution in [3.8, 4) is 0 Å². The van der Waals surface area contributed by atoms with Crippen molar-refractivity contribution in [2.75, 3.05) is 7.05 Å². The molecular weight excluding hydrogens is 196 g/mol. The molecule has 14 heavy (non-hydrogen) atoms. The van der Waals surface area contributed by atoms with Gasteiger partial charge in [-0.25, -0.2) is 0 Å². The van der Waals surface area contributed by atoms with Crippen LogP contribution in [0.25, 0.3) is 0 Å². The molecule has 0 bridgehead atoms. The summed E-state index contributed by atoms with van der Waals surface area (Å²) in [6, 6.07) is 4.30. The molecule has 2 nitrogen and oxygen atoms in total. The van der Waals surface area contributed by atoms with E-state index < -0.39 is 0 Å². The third-order valence-electron chi connectivity index (χ3n) is 2.72. The first-order valence-electron chi connectivity index (χ1n) is 5.08. The highest BCUT2D eigenvalue weighted by molar-refractivity contribution is 6.30. The van der Waals surface area contributed by atoms with E-state index in [9.17, 15) is 0 Å². The Hall–Kier alpha value is -0.600. The Morgan fingerprint density at radius 2 is 2.36 bits per heavy atom. The van der Waals surface area contributed by atoms with Gasteiger partial charge in [0.15, 0.2) is 0 Å². The van der Waals surface area contributed by atoms with Crippen molar-refractivity contribution in [3.05, 3.63) is 29.0 Å². The fraction of sp³-hybridized carbons (Fsp3) is 0.545. The van der Waals surface area contributed by atoms with Gasteiger partial charge >= 0.3 is 0 Å². The van der Waals surface area contributed by atoms with Crippen LogP contribution < -0.4 is 5.32 Å². The van der Waals surface area contributed by atoms with E-state index in [1.54, 1.807) is 6.20 Å². The van der Waals surface area contributed by atoms with Gasteiger partial charge in [0.25, 0.3) is 0 Å². The maximum atomic E-state index is 5.79. The van der Waals surface area contributed by atoms with Crippen molar-refractivity contribution in [1.29, 1.82) is 0 Å². The molecule has 0 aromatic carbocycles. The SMILES string of the molecule is CNC(CC1CC1)c1ccc(Cl)cn1. The maximum Gasteiger partial charge on any atom is 0.0589 e. The van der Waals surface area contributed by atoms with E-state index in [-0.39, 0.29) is 0 Å². The number of halogens is 1. The van der Waals surface area contributed by atoms with E-state index in [1.807, 2.05) is 19.2 Å². The lowest BCUT2D eigenvalue weighted by atomic mass is 10.1. The summed E-state index contributed by atoms with van der Waals surface area (Å²) in [5, 5.41) is 4.01. The molecule has 1 unspecified atom stereocenters. The molecule has 0 saturated heterocycles. The number of rotatable bonds is 4. The molecule has 3 heteroatoms. The van der Waals surface area contributed by atoms with Gasteiger partial charge in [-0.2, -0.15) is 0 Å². The average molecular weight is 211 g/mol. The summed E-state index contributed by atoms with van der Waals surface area (Å²) in [5.74, 6) is 0.907. The van der Waals surface area contributed by atoms with Gasteiger partial charge in [0.05, 0.1) is 10.7 Å². The number of nitrogens with one attached hydrogen (secondary N) is 1. The summed E-state index contributed by atoms with van der Waals surface area (Å²) < 4.78 is 0. The van der Waals surface area contributed by atoms with Crippen LogP contribution in [0.2, 0.25) is 5.02 Å². The summed E-state index contributed by atoms with van der Waals surface area (Å²) in [6.07, 6.45) is 5.68. The van der Waals surface area contributed by atoms with Crippen LogP contribution in [0.4, 0.5) is 0 Å². The largest absolute Gasteiger partial charge is 0.312 e. The Morgan fingerprint density at radius 1 is 1.57 bits per heavy atom. The molecule has 0 amide bonds. The third kappa shape index (κ3) is 2.46. The molecule has 1 heterocycles. The smallest absolute Gasteiger partial charge is 0.0589 e. The lowest BCUT2D eigenvalue weighted by Gasteiger charge is -2.14. The van der Waals surface area contributed by atoms with Gasteiger partial charge in [0.2, 0.25) is 0 Å². The predicted octanol–water partition coefficient (Wildman–Crippen LogP) is 2.80. The van der Waals surface area contributed by atoms with Crippen LogP contribution in [-0.4, -0.2) is 12.0 Å². The summed E-state index contributed by atoms with van der Waals surface area (Å²) in [7, 11) is 1.99. The molecule has 0 aliphatic heterocycles. The van der Waals surface area contributed by atoms with E-state index in [0.717, 1.165) is 11.6 Å². The Balaban J connectivity index is 2.05. The van der Waals surface area contributed by atoms with Gasteiger partial charge in [-0.3, -0.25) is 4.98 Å². The highest BCUT2D eigenvalue weighted by atomic mass is 35.5. The van der Waals surface area contributed by atoms with Gasteiger partial charge < -0.3 is 5.32 Å². The van der Waals surface area contributed by atoms with E-state index in [4.69, 9.17) is 11.6 Å². The maximum absolute atomic E-state index is 5.79. The Kier molecular flexibility index (Phi) is 3.04. The van der Waals surface area contributed by atoms with E-state index >= 15 is 0 Å². The lowest BCUT2D eigenvalue weighted by molar-refractivity contribution is 0.503. The number of hydrogen-bond acceptors (Lipinski definition) is 2. The molecule has 1 aliphatic carbocycles. The number of hydrogen-bond donors (Lipinski definition) is 1. The minimum Gasteiger partial charge on any atom is -0.312 e. The van der Waals surface area contributed by atoms with Crippen molar-refractivity contribution in [2.45, 2.75) is 25.3 Å². The molecular formula is C11H15ClN2. The fourth-order valence-corrected chi connectivity index (χ4v) is 1.78. The second-order valence-electron chi connectivity index (χ2n) is 3.92. The van der Waals surface area contributed by atoms with E-state index in [0.29, 0.717) is 11.1 Å². The zero-order valence-corrected chi connectivity index (χ0v) is 9.09. The minimum absolute atomic E-state index is 0.389. The van der Waals surface area contributed by atoms with Crippen LogP contribution in [0.3, 0.4) is 0 Å². The second kappa shape index (κ2) is 4.28. The minimum atomic E-state index is 0.389. The van der Waals surface area contributed by atoms with Crippen LogP contribution in [0.5, 0.6) is 0 Å². The number of aromatic nitrogens is 1. The van der Waals surface area contributed by atoms with Crippen LogP contribution in [0.15, 0.2) is 18.3 Å². The Morgan fingerprint density at radius 3 is 2.86 bits per heavy atom. The molecule has 2 rings (SSSR count). The molecule has 1 aliphatic rings. The van der Waals surface area contributed by atoms with Crippen molar-refractivity contribution >= 4 is 11.6 Å². The van der Waals surface area contributed by atoms with Gasteiger partial charge in [0.1, 0.15) is 0 Å². The molecule has 76 valence electrons. The Bertz CT molecular complexity index is 293.